The molecule has 1 saturated heterocycles. The highest BCUT2D eigenvalue weighted by atomic mass is 32.2. The van der Waals surface area contributed by atoms with Gasteiger partial charge in [-0.1, -0.05) is 54.6 Å². The lowest BCUT2D eigenvalue weighted by molar-refractivity contribution is -0.119. The Labute approximate surface area is 147 Å². The van der Waals surface area contributed by atoms with E-state index in [0.717, 1.165) is 5.56 Å². The van der Waals surface area contributed by atoms with Gasteiger partial charge in [-0.3, -0.25) is 9.69 Å². The monoisotopic (exact) mass is 353 g/mol. The maximum atomic E-state index is 13.1. The van der Waals surface area contributed by atoms with Gasteiger partial charge in [0, 0.05) is 12.6 Å². The lowest BCUT2D eigenvalue weighted by atomic mass is 10.1. The third-order valence-corrected chi connectivity index (χ3v) is 7.28. The van der Waals surface area contributed by atoms with E-state index in [1.165, 1.54) is 0 Å². The van der Waals surface area contributed by atoms with Crippen LogP contribution in [0.5, 0.6) is 0 Å². The predicted molar refractivity (Wildman–Crippen MR) is 95.7 cm³/mol. The van der Waals surface area contributed by atoms with Crippen LogP contribution in [-0.2, 0) is 21.2 Å². The average Bonchev–Trinajstić information content (AvgIpc) is 2.90. The van der Waals surface area contributed by atoms with Gasteiger partial charge in [0.2, 0.25) is 0 Å². The van der Waals surface area contributed by atoms with Gasteiger partial charge in [-0.05, 0) is 30.2 Å². The second-order valence-electron chi connectivity index (χ2n) is 6.56. The van der Waals surface area contributed by atoms with E-state index in [0.29, 0.717) is 17.9 Å². The second kappa shape index (κ2) is 6.24. The number of fused-ring (bicyclic) bond motifs is 2. The van der Waals surface area contributed by atoms with E-state index in [2.05, 4.69) is 0 Å². The Balaban J connectivity index is 1.68. The molecule has 2 aliphatic rings. The third-order valence-electron chi connectivity index (χ3n) is 5.08. The fourth-order valence-corrected chi connectivity index (χ4v) is 5.78. The first-order valence-corrected chi connectivity index (χ1v) is 9.92. The zero-order valence-electron chi connectivity index (χ0n) is 13.7. The molecule has 25 heavy (non-hydrogen) atoms. The Morgan fingerprint density at radius 3 is 2.28 bits per heavy atom. The molecule has 2 aromatic carbocycles. The molecule has 0 aromatic heterocycles. The van der Waals surface area contributed by atoms with Crippen LogP contribution in [0.4, 0.5) is 0 Å². The van der Waals surface area contributed by atoms with E-state index in [9.17, 15) is 13.2 Å². The second-order valence-corrected chi connectivity index (χ2v) is 8.72. The summed E-state index contributed by atoms with van der Waals surface area (Å²) < 4.78 is 26.2. The Morgan fingerprint density at radius 1 is 0.960 bits per heavy atom. The molecule has 0 aliphatic carbocycles. The van der Waals surface area contributed by atoms with Gasteiger partial charge < -0.3 is 0 Å². The summed E-state index contributed by atoms with van der Waals surface area (Å²) in [5, 5.41) is -0.591. The minimum atomic E-state index is -3.49. The summed E-state index contributed by atoms with van der Waals surface area (Å²) in [6.45, 7) is 0.576. The Morgan fingerprint density at radius 2 is 1.60 bits per heavy atom. The fraction of sp³-hybridized carbons (Fsp3) is 0.250. The summed E-state index contributed by atoms with van der Waals surface area (Å²) in [4.78, 5) is 14.7. The number of sulfone groups is 1. The van der Waals surface area contributed by atoms with Gasteiger partial charge in [0.05, 0.1) is 16.2 Å². The molecule has 2 aliphatic heterocycles. The molecular formula is C20H19NO3S. The van der Waals surface area contributed by atoms with Crippen LogP contribution in [0.15, 0.2) is 77.7 Å². The van der Waals surface area contributed by atoms with Crippen molar-refractivity contribution < 1.29 is 13.2 Å². The first kappa shape index (κ1) is 16.2. The van der Waals surface area contributed by atoms with E-state index >= 15 is 0 Å². The summed E-state index contributed by atoms with van der Waals surface area (Å²) in [6.07, 6.45) is 3.66. The summed E-state index contributed by atoms with van der Waals surface area (Å²) >= 11 is 0. The minimum absolute atomic E-state index is 0.00190. The smallest absolute Gasteiger partial charge is 0.183 e. The van der Waals surface area contributed by atoms with Gasteiger partial charge in [-0.15, -0.1) is 0 Å². The topological polar surface area (TPSA) is 54.5 Å². The summed E-state index contributed by atoms with van der Waals surface area (Å²) in [7, 11) is -3.49. The number of nitrogens with zero attached hydrogens (tertiary/aromatic N) is 1. The Kier molecular flexibility index (Phi) is 4.06. The molecule has 2 aromatic rings. The van der Waals surface area contributed by atoms with Crippen molar-refractivity contribution in [3.63, 3.8) is 0 Å². The van der Waals surface area contributed by atoms with Crippen LogP contribution in [0.25, 0.3) is 0 Å². The molecule has 0 amide bonds. The van der Waals surface area contributed by atoms with Crippen molar-refractivity contribution >= 4 is 15.6 Å². The van der Waals surface area contributed by atoms with Crippen LogP contribution in [0.3, 0.4) is 0 Å². The van der Waals surface area contributed by atoms with Gasteiger partial charge in [0.15, 0.2) is 15.6 Å². The largest absolute Gasteiger partial charge is 0.293 e. The van der Waals surface area contributed by atoms with Crippen LogP contribution in [0.2, 0.25) is 0 Å². The van der Waals surface area contributed by atoms with Gasteiger partial charge >= 0.3 is 0 Å². The third kappa shape index (κ3) is 2.83. The van der Waals surface area contributed by atoms with Crippen LogP contribution in [-0.4, -0.2) is 36.4 Å². The molecule has 0 saturated carbocycles. The molecule has 0 unspecified atom stereocenters. The Bertz CT molecular complexity index is 906. The molecule has 2 heterocycles. The van der Waals surface area contributed by atoms with Gasteiger partial charge in [0.25, 0.3) is 0 Å². The van der Waals surface area contributed by atoms with Gasteiger partial charge in [-0.2, -0.15) is 0 Å². The van der Waals surface area contributed by atoms with Gasteiger partial charge in [0.1, 0.15) is 0 Å². The molecular weight excluding hydrogens is 334 g/mol. The normalized spacial score (nSPS) is 26.1. The quantitative estimate of drug-likeness (QED) is 0.848. The first-order chi connectivity index (χ1) is 12.1. The number of rotatable bonds is 4. The number of ketones is 1. The SMILES string of the molecule is O=C1C=C[C@H]2[C@@H](S(=O)(=O)c3ccccc3)C[C@H]1N2Cc1ccccc1. The van der Waals surface area contributed by atoms with E-state index in [1.54, 1.807) is 42.5 Å². The number of hydrogen-bond donors (Lipinski definition) is 0. The molecule has 3 atom stereocenters. The molecule has 1 fully saturated rings. The summed E-state index contributed by atoms with van der Waals surface area (Å²) in [5.41, 5.74) is 1.08. The maximum absolute atomic E-state index is 13.1. The zero-order chi connectivity index (χ0) is 17.4. The lowest BCUT2D eigenvalue weighted by Gasteiger charge is -2.31. The van der Waals surface area contributed by atoms with Crippen molar-refractivity contribution in [3.8, 4) is 0 Å². The highest BCUT2D eigenvalue weighted by Crippen LogP contribution is 2.37. The number of hydrogen-bond acceptors (Lipinski definition) is 4. The molecule has 0 N–H and O–H groups in total. The number of carbonyl (C=O) groups is 1. The number of benzene rings is 2. The van der Waals surface area contributed by atoms with Crippen molar-refractivity contribution in [3.05, 3.63) is 78.4 Å². The van der Waals surface area contributed by atoms with Crippen LogP contribution >= 0.6 is 0 Å². The van der Waals surface area contributed by atoms with Crippen LogP contribution in [0.1, 0.15) is 12.0 Å². The molecule has 2 bridgehead atoms. The van der Waals surface area contributed by atoms with Gasteiger partial charge in [-0.25, -0.2) is 8.42 Å². The van der Waals surface area contributed by atoms with Crippen molar-refractivity contribution in [1.82, 2.24) is 4.90 Å². The van der Waals surface area contributed by atoms with Crippen LogP contribution < -0.4 is 0 Å². The van der Waals surface area contributed by atoms with E-state index < -0.39 is 15.1 Å². The summed E-state index contributed by atoms with van der Waals surface area (Å²) in [5.74, 6) is -0.00190. The molecule has 5 heteroatoms. The summed E-state index contributed by atoms with van der Waals surface area (Å²) in [6, 6.07) is 17.8. The van der Waals surface area contributed by atoms with E-state index in [4.69, 9.17) is 0 Å². The van der Waals surface area contributed by atoms with Crippen molar-refractivity contribution in [1.29, 1.82) is 0 Å². The number of carbonyl (C=O) groups excluding carboxylic acids is 1. The van der Waals surface area contributed by atoms with Crippen molar-refractivity contribution in [2.45, 2.75) is 35.2 Å². The molecule has 128 valence electrons. The van der Waals surface area contributed by atoms with Crippen molar-refractivity contribution in [2.75, 3.05) is 0 Å². The molecule has 4 nitrogen and oxygen atoms in total. The average molecular weight is 353 g/mol. The molecule has 0 spiro atoms. The molecule has 4 rings (SSSR count). The first-order valence-electron chi connectivity index (χ1n) is 8.38. The van der Waals surface area contributed by atoms with Crippen LogP contribution in [0, 0.1) is 0 Å². The predicted octanol–water partition coefficient (Wildman–Crippen LogP) is 2.61. The standard InChI is InChI=1S/C20H19NO3S/c22-19-12-11-17-20(25(23,24)16-9-5-2-6-10-16)13-18(19)21(17)14-15-7-3-1-4-8-15/h1-12,17-18,20H,13-14H2/t17-,18+,20-/m0/s1. The maximum Gasteiger partial charge on any atom is 0.183 e. The molecule has 0 radical (unpaired) electrons. The Hall–Kier alpha value is -2.24. The highest BCUT2D eigenvalue weighted by Gasteiger charge is 2.50. The minimum Gasteiger partial charge on any atom is -0.293 e. The fourth-order valence-electron chi connectivity index (χ4n) is 3.84. The van der Waals surface area contributed by atoms with E-state index in [-0.39, 0.29) is 17.9 Å². The van der Waals surface area contributed by atoms with Crippen molar-refractivity contribution in [2.24, 2.45) is 0 Å². The lowest BCUT2D eigenvalue weighted by Crippen LogP contribution is -2.44. The van der Waals surface area contributed by atoms with E-state index in [1.807, 2.05) is 35.2 Å². The zero-order valence-corrected chi connectivity index (χ0v) is 14.5. The highest BCUT2D eigenvalue weighted by molar-refractivity contribution is 7.92.